The number of hydrogen-bond donors (Lipinski definition) is 1. The van der Waals surface area contributed by atoms with Gasteiger partial charge in [0, 0.05) is 11.6 Å². The fourth-order valence-corrected chi connectivity index (χ4v) is 1.61. The molecule has 1 atom stereocenters. The van der Waals surface area contributed by atoms with Gasteiger partial charge in [-0.3, -0.25) is 0 Å². The standard InChI is InChI=1S/C11H17N/c1-8-9(11(2,3)4)6-5-7-10(8)12/h5-8,12H,1-4H3. The van der Waals surface area contributed by atoms with Crippen LogP contribution in [0.3, 0.4) is 0 Å². The maximum absolute atomic E-state index is 7.68. The van der Waals surface area contributed by atoms with Gasteiger partial charge in [-0.25, -0.2) is 0 Å². The van der Waals surface area contributed by atoms with Gasteiger partial charge in [0.2, 0.25) is 0 Å². The van der Waals surface area contributed by atoms with Gasteiger partial charge in [-0.1, -0.05) is 45.4 Å². The van der Waals surface area contributed by atoms with Crippen molar-refractivity contribution in [2.24, 2.45) is 11.3 Å². The molecule has 0 heterocycles. The molecule has 0 spiro atoms. The summed E-state index contributed by atoms with van der Waals surface area (Å²) in [6.45, 7) is 8.69. The Labute approximate surface area is 74.7 Å². The molecule has 12 heavy (non-hydrogen) atoms. The third-order valence-corrected chi connectivity index (χ3v) is 2.35. The van der Waals surface area contributed by atoms with Crippen molar-refractivity contribution in [1.82, 2.24) is 0 Å². The van der Waals surface area contributed by atoms with Crippen molar-refractivity contribution in [3.63, 3.8) is 0 Å². The van der Waals surface area contributed by atoms with Crippen LogP contribution in [0.15, 0.2) is 23.8 Å². The zero-order chi connectivity index (χ0) is 9.35. The minimum absolute atomic E-state index is 0.191. The summed E-state index contributed by atoms with van der Waals surface area (Å²) in [7, 11) is 0. The maximum Gasteiger partial charge on any atom is 0.0382 e. The average Bonchev–Trinajstić information content (AvgIpc) is 1.92. The van der Waals surface area contributed by atoms with E-state index in [1.165, 1.54) is 5.57 Å². The molecule has 1 heteroatoms. The van der Waals surface area contributed by atoms with E-state index >= 15 is 0 Å². The van der Waals surface area contributed by atoms with Crippen LogP contribution in [0.5, 0.6) is 0 Å². The summed E-state index contributed by atoms with van der Waals surface area (Å²) in [4.78, 5) is 0. The maximum atomic E-state index is 7.68. The molecule has 1 aliphatic carbocycles. The van der Waals surface area contributed by atoms with Crippen LogP contribution in [0.25, 0.3) is 0 Å². The fraction of sp³-hybridized carbons (Fsp3) is 0.545. The lowest BCUT2D eigenvalue weighted by molar-refractivity contribution is 0.468. The van der Waals surface area contributed by atoms with E-state index in [9.17, 15) is 0 Å². The summed E-state index contributed by atoms with van der Waals surface area (Å²) in [6.07, 6.45) is 5.99. The number of allylic oxidation sites excluding steroid dienone is 4. The van der Waals surface area contributed by atoms with E-state index in [1.54, 1.807) is 0 Å². The Balaban J connectivity index is 2.98. The van der Waals surface area contributed by atoms with E-state index < -0.39 is 0 Å². The molecule has 0 aromatic rings. The van der Waals surface area contributed by atoms with Crippen molar-refractivity contribution in [3.05, 3.63) is 23.8 Å². The molecule has 0 fully saturated rings. The first-order chi connectivity index (χ1) is 5.43. The van der Waals surface area contributed by atoms with Gasteiger partial charge in [-0.15, -0.1) is 0 Å². The summed E-state index contributed by atoms with van der Waals surface area (Å²) in [6, 6.07) is 0. The molecular weight excluding hydrogens is 146 g/mol. The molecule has 1 unspecified atom stereocenters. The molecule has 0 bridgehead atoms. The Morgan fingerprint density at radius 2 is 1.92 bits per heavy atom. The van der Waals surface area contributed by atoms with Crippen LogP contribution in [-0.2, 0) is 0 Å². The Kier molecular flexibility index (Phi) is 2.22. The number of hydrogen-bond acceptors (Lipinski definition) is 1. The van der Waals surface area contributed by atoms with Gasteiger partial charge in [0.05, 0.1) is 0 Å². The first kappa shape index (κ1) is 9.24. The lowest BCUT2D eigenvalue weighted by Crippen LogP contribution is -2.22. The SMILES string of the molecule is CC1C(=N)C=CC=C1C(C)(C)C. The van der Waals surface area contributed by atoms with E-state index in [2.05, 4.69) is 33.8 Å². The molecule has 0 amide bonds. The van der Waals surface area contributed by atoms with Crippen LogP contribution in [0.2, 0.25) is 0 Å². The second-order valence-corrected chi connectivity index (χ2v) is 4.41. The molecule has 66 valence electrons. The van der Waals surface area contributed by atoms with Gasteiger partial charge in [0.1, 0.15) is 0 Å². The zero-order valence-corrected chi connectivity index (χ0v) is 8.31. The minimum Gasteiger partial charge on any atom is -0.305 e. The Hall–Kier alpha value is -0.850. The smallest absolute Gasteiger partial charge is 0.0382 e. The molecule has 1 aliphatic rings. The second kappa shape index (κ2) is 2.89. The minimum atomic E-state index is 0.191. The molecule has 0 aromatic carbocycles. The third kappa shape index (κ3) is 1.66. The van der Waals surface area contributed by atoms with Crippen LogP contribution in [0.1, 0.15) is 27.7 Å². The van der Waals surface area contributed by atoms with Crippen molar-refractivity contribution < 1.29 is 0 Å². The summed E-state index contributed by atoms with van der Waals surface area (Å²) < 4.78 is 0. The largest absolute Gasteiger partial charge is 0.305 e. The first-order valence-electron chi connectivity index (χ1n) is 4.40. The Bertz CT molecular complexity index is 251. The third-order valence-electron chi connectivity index (χ3n) is 2.35. The average molecular weight is 163 g/mol. The second-order valence-electron chi connectivity index (χ2n) is 4.41. The van der Waals surface area contributed by atoms with Crippen LogP contribution in [0, 0.1) is 16.7 Å². The normalized spacial score (nSPS) is 24.2. The lowest BCUT2D eigenvalue weighted by atomic mass is 9.76. The van der Waals surface area contributed by atoms with Gasteiger partial charge >= 0.3 is 0 Å². The van der Waals surface area contributed by atoms with Crippen LogP contribution >= 0.6 is 0 Å². The molecule has 1 rings (SSSR count). The first-order valence-corrected chi connectivity index (χ1v) is 4.40. The molecule has 0 aromatic heterocycles. The summed E-state index contributed by atoms with van der Waals surface area (Å²) in [5.41, 5.74) is 2.27. The van der Waals surface area contributed by atoms with Crippen molar-refractivity contribution in [1.29, 1.82) is 5.41 Å². The predicted octanol–water partition coefficient (Wildman–Crippen LogP) is 3.18. The zero-order valence-electron chi connectivity index (χ0n) is 8.31. The molecule has 1 N–H and O–H groups in total. The van der Waals surface area contributed by atoms with E-state index in [1.807, 2.05) is 12.2 Å². The van der Waals surface area contributed by atoms with Gasteiger partial charge in [-0.05, 0) is 11.5 Å². The van der Waals surface area contributed by atoms with Gasteiger partial charge in [-0.2, -0.15) is 0 Å². The van der Waals surface area contributed by atoms with Crippen LogP contribution in [-0.4, -0.2) is 5.71 Å². The fourth-order valence-electron chi connectivity index (χ4n) is 1.61. The highest BCUT2D eigenvalue weighted by Crippen LogP contribution is 2.33. The predicted molar refractivity (Wildman–Crippen MR) is 53.6 cm³/mol. The molecule has 0 aliphatic heterocycles. The van der Waals surface area contributed by atoms with Crippen LogP contribution in [0.4, 0.5) is 0 Å². The highest BCUT2D eigenvalue weighted by molar-refractivity contribution is 5.97. The summed E-state index contributed by atoms with van der Waals surface area (Å²) >= 11 is 0. The monoisotopic (exact) mass is 163 g/mol. The topological polar surface area (TPSA) is 23.9 Å². The van der Waals surface area contributed by atoms with Crippen molar-refractivity contribution in [2.75, 3.05) is 0 Å². The quantitative estimate of drug-likeness (QED) is 0.567. The van der Waals surface area contributed by atoms with Crippen molar-refractivity contribution in [3.8, 4) is 0 Å². The van der Waals surface area contributed by atoms with E-state index in [0.29, 0.717) is 0 Å². The molecule has 0 saturated carbocycles. The summed E-state index contributed by atoms with van der Waals surface area (Å²) in [5, 5.41) is 7.68. The van der Waals surface area contributed by atoms with E-state index in [-0.39, 0.29) is 11.3 Å². The molecule has 1 nitrogen and oxygen atoms in total. The van der Waals surface area contributed by atoms with Crippen molar-refractivity contribution in [2.45, 2.75) is 27.7 Å². The van der Waals surface area contributed by atoms with Gasteiger partial charge in [0.15, 0.2) is 0 Å². The summed E-state index contributed by atoms with van der Waals surface area (Å²) in [5.74, 6) is 0.287. The number of nitrogens with one attached hydrogen (secondary N) is 1. The highest BCUT2D eigenvalue weighted by Gasteiger charge is 2.25. The van der Waals surface area contributed by atoms with Crippen LogP contribution < -0.4 is 0 Å². The lowest BCUT2D eigenvalue weighted by Gasteiger charge is -2.29. The Morgan fingerprint density at radius 1 is 1.33 bits per heavy atom. The molecule has 0 saturated heterocycles. The Morgan fingerprint density at radius 3 is 2.33 bits per heavy atom. The van der Waals surface area contributed by atoms with Crippen molar-refractivity contribution >= 4 is 5.71 Å². The van der Waals surface area contributed by atoms with Gasteiger partial charge < -0.3 is 5.41 Å². The number of rotatable bonds is 0. The van der Waals surface area contributed by atoms with Gasteiger partial charge in [0.25, 0.3) is 0 Å². The van der Waals surface area contributed by atoms with E-state index in [0.717, 1.165) is 5.71 Å². The highest BCUT2D eigenvalue weighted by atomic mass is 14.5. The van der Waals surface area contributed by atoms with E-state index in [4.69, 9.17) is 5.41 Å². The molecular formula is C11H17N. The molecule has 0 radical (unpaired) electrons.